The minimum Gasteiger partial charge on any atom is -0.496 e. The third-order valence-corrected chi connectivity index (χ3v) is 6.37. The lowest BCUT2D eigenvalue weighted by atomic mass is 9.79. The van der Waals surface area contributed by atoms with Crippen molar-refractivity contribution in [1.29, 1.82) is 0 Å². The highest BCUT2D eigenvalue weighted by molar-refractivity contribution is 6.26. The molecule has 2 rings (SSSR count). The number of hydrogen-bond acceptors (Lipinski definition) is 7. The molecule has 0 saturated carbocycles. The molecule has 2 aromatic carbocycles. The number of ether oxygens (including phenoxy) is 2. The van der Waals surface area contributed by atoms with Crippen molar-refractivity contribution in [3.8, 4) is 5.75 Å². The van der Waals surface area contributed by atoms with Crippen molar-refractivity contribution < 1.29 is 28.0 Å². The summed E-state index contributed by atoms with van der Waals surface area (Å²) >= 11 is 0. The van der Waals surface area contributed by atoms with Crippen molar-refractivity contribution >= 4 is 31.2 Å². The van der Waals surface area contributed by atoms with E-state index >= 15 is 0 Å². The first kappa shape index (κ1) is 26.7. The molecule has 0 aromatic heterocycles. The fraction of sp³-hybridized carbons (Fsp3) is 0.435. The molecule has 8 nitrogen and oxygen atoms in total. The van der Waals surface area contributed by atoms with Gasteiger partial charge in [0.2, 0.25) is 19.5 Å². The van der Waals surface area contributed by atoms with Gasteiger partial charge < -0.3 is 18.3 Å². The summed E-state index contributed by atoms with van der Waals surface area (Å²) in [6, 6.07) is 7.84. The van der Waals surface area contributed by atoms with Crippen LogP contribution in [0.1, 0.15) is 46.5 Å². The van der Waals surface area contributed by atoms with E-state index in [-0.39, 0.29) is 31.8 Å². The smallest absolute Gasteiger partial charge is 0.339 e. The van der Waals surface area contributed by atoms with Crippen LogP contribution in [0, 0.1) is 24.0 Å². The maximum absolute atomic E-state index is 13.2. The predicted molar refractivity (Wildman–Crippen MR) is 127 cm³/mol. The Hall–Kier alpha value is -2.54. The van der Waals surface area contributed by atoms with Crippen molar-refractivity contribution in [2.45, 2.75) is 59.1 Å². The van der Waals surface area contributed by atoms with Crippen LogP contribution in [0.15, 0.2) is 30.3 Å². The van der Waals surface area contributed by atoms with Crippen LogP contribution >= 0.6 is 0 Å². The molecular formula is C23H29NO7Si2. The summed E-state index contributed by atoms with van der Waals surface area (Å²) in [5, 5.41) is 10.8. The van der Waals surface area contributed by atoms with Gasteiger partial charge in [0.25, 0.3) is 5.69 Å². The molecule has 4 radical (unpaired) electrons. The van der Waals surface area contributed by atoms with Gasteiger partial charge in [-0.25, -0.2) is 4.79 Å². The first-order valence-corrected chi connectivity index (χ1v) is 13.1. The zero-order valence-corrected chi connectivity index (χ0v) is 22.0. The number of nitro groups is 1. The normalized spacial score (nSPS) is 11.5. The van der Waals surface area contributed by atoms with Crippen LogP contribution in [0.2, 0.25) is 13.1 Å². The van der Waals surface area contributed by atoms with Gasteiger partial charge in [-0.3, -0.25) is 10.1 Å². The van der Waals surface area contributed by atoms with E-state index in [1.165, 1.54) is 12.1 Å². The first-order valence-electron chi connectivity index (χ1n) is 10.3. The van der Waals surface area contributed by atoms with E-state index in [0.29, 0.717) is 22.4 Å². The number of esters is 1. The van der Waals surface area contributed by atoms with Gasteiger partial charge in [0.05, 0.1) is 17.6 Å². The lowest BCUT2D eigenvalue weighted by Gasteiger charge is -2.36. The minimum absolute atomic E-state index is 0.00556. The largest absolute Gasteiger partial charge is 0.496 e. The van der Waals surface area contributed by atoms with Crippen LogP contribution in [-0.4, -0.2) is 43.8 Å². The van der Waals surface area contributed by atoms with Crippen molar-refractivity contribution in [2.75, 3.05) is 7.11 Å². The van der Waals surface area contributed by atoms with Crippen LogP contribution in [-0.2, 0) is 25.6 Å². The average Bonchev–Trinajstić information content (AvgIpc) is 2.77. The molecule has 33 heavy (non-hydrogen) atoms. The van der Waals surface area contributed by atoms with E-state index in [4.69, 9.17) is 18.3 Å². The second kappa shape index (κ2) is 11.5. The maximum atomic E-state index is 13.2. The number of non-ortho nitro benzene ring substituents is 1. The number of carbonyl (C=O) groups excluding carboxylic acids is 1. The monoisotopic (exact) mass is 487 g/mol. The average molecular weight is 488 g/mol. The van der Waals surface area contributed by atoms with Gasteiger partial charge in [-0.2, -0.15) is 0 Å². The number of rotatable bonds is 11. The molecule has 0 aliphatic heterocycles. The summed E-state index contributed by atoms with van der Waals surface area (Å²) in [7, 11) is 2.05. The highest BCUT2D eigenvalue weighted by atomic mass is 28.2. The molecule has 2 aromatic rings. The predicted octanol–water partition coefficient (Wildman–Crippen LogP) is 4.55. The number of nitrogens with zero attached hydrogens (tertiary/aromatic N) is 1. The zero-order valence-electron chi connectivity index (χ0n) is 20.0. The van der Waals surface area contributed by atoms with Crippen LogP contribution in [0.25, 0.3) is 0 Å². The van der Waals surface area contributed by atoms with Crippen molar-refractivity contribution in [1.82, 2.24) is 0 Å². The van der Waals surface area contributed by atoms with Gasteiger partial charge in [0, 0.05) is 23.1 Å². The SMILES string of the molecule is COc1cc(C(C)(C)C(O[Si]C)O[Si]C)c(C)c(C(=O)OCc2ccc([N+](=O)[O-])cc2)c1C. The van der Waals surface area contributed by atoms with E-state index in [9.17, 15) is 14.9 Å². The van der Waals surface area contributed by atoms with Gasteiger partial charge in [-0.1, -0.05) is 13.8 Å². The number of benzene rings is 2. The lowest BCUT2D eigenvalue weighted by molar-refractivity contribution is -0.384. The Morgan fingerprint density at radius 1 is 1.09 bits per heavy atom. The second-order valence-electron chi connectivity index (χ2n) is 7.95. The molecule has 0 spiro atoms. The number of hydrogen-bond donors (Lipinski definition) is 0. The van der Waals surface area contributed by atoms with Gasteiger partial charge in [0.1, 0.15) is 18.6 Å². The summed E-state index contributed by atoms with van der Waals surface area (Å²) in [4.78, 5) is 23.5. The highest BCUT2D eigenvalue weighted by Gasteiger charge is 2.36. The Bertz CT molecular complexity index is 987. The third kappa shape index (κ3) is 6.08. The lowest BCUT2D eigenvalue weighted by Crippen LogP contribution is -2.40. The molecule has 0 heterocycles. The third-order valence-electron chi connectivity index (χ3n) is 5.47. The van der Waals surface area contributed by atoms with E-state index in [1.54, 1.807) is 19.2 Å². The Kier molecular flexibility index (Phi) is 9.35. The van der Waals surface area contributed by atoms with E-state index in [2.05, 4.69) is 0 Å². The Labute approximate surface area is 199 Å². The Morgan fingerprint density at radius 3 is 2.15 bits per heavy atom. The molecule has 0 aliphatic carbocycles. The zero-order chi connectivity index (χ0) is 24.8. The number of methoxy groups -OCH3 is 1. The standard InChI is InChI=1S/C23H29NO7Si2/c1-14-18(23(3,4)22(30-32-6)31-33-7)12-19(28-5)15(2)20(14)21(25)29-13-16-8-10-17(11-9-16)24(26)27/h8-12,22H,13H2,1-7H3. The maximum Gasteiger partial charge on any atom is 0.339 e. The Balaban J connectivity index is 2.41. The number of carbonyl (C=O) groups is 1. The van der Waals surface area contributed by atoms with Gasteiger partial charge in [0.15, 0.2) is 0 Å². The summed E-state index contributed by atoms with van der Waals surface area (Å²) in [5.74, 6) is 0.0787. The molecular weight excluding hydrogens is 458 g/mol. The van der Waals surface area contributed by atoms with Gasteiger partial charge >= 0.3 is 5.97 Å². The second-order valence-corrected chi connectivity index (χ2v) is 9.24. The molecule has 0 bridgehead atoms. The molecule has 0 saturated heterocycles. The van der Waals surface area contributed by atoms with E-state index < -0.39 is 22.6 Å². The molecule has 0 amide bonds. The molecule has 0 N–H and O–H groups in total. The Morgan fingerprint density at radius 2 is 1.67 bits per heavy atom. The van der Waals surface area contributed by atoms with Gasteiger partial charge in [-0.15, -0.1) is 0 Å². The van der Waals surface area contributed by atoms with Crippen molar-refractivity contribution in [3.63, 3.8) is 0 Å². The fourth-order valence-electron chi connectivity index (χ4n) is 3.67. The quantitative estimate of drug-likeness (QED) is 0.151. The molecule has 0 unspecified atom stereocenters. The van der Waals surface area contributed by atoms with Crippen LogP contribution in [0.4, 0.5) is 5.69 Å². The van der Waals surface area contributed by atoms with E-state index in [1.807, 2.05) is 46.9 Å². The summed E-state index contributed by atoms with van der Waals surface area (Å²) in [6.07, 6.45) is -0.487. The van der Waals surface area contributed by atoms with Gasteiger partial charge in [-0.05, 0) is 61.8 Å². The van der Waals surface area contributed by atoms with Crippen molar-refractivity contribution in [2.24, 2.45) is 0 Å². The van der Waals surface area contributed by atoms with E-state index in [0.717, 1.165) is 11.1 Å². The van der Waals surface area contributed by atoms with Crippen LogP contribution in [0.5, 0.6) is 5.75 Å². The topological polar surface area (TPSA) is 97.1 Å². The van der Waals surface area contributed by atoms with Crippen LogP contribution < -0.4 is 4.74 Å². The molecule has 0 atom stereocenters. The van der Waals surface area contributed by atoms with Crippen molar-refractivity contribution in [3.05, 3.63) is 68.3 Å². The molecule has 0 fully saturated rings. The summed E-state index contributed by atoms with van der Waals surface area (Å²) in [6.45, 7) is 11.6. The molecule has 0 aliphatic rings. The number of nitro benzene ring substituents is 1. The highest BCUT2D eigenvalue weighted by Crippen LogP contribution is 2.38. The first-order chi connectivity index (χ1) is 15.6. The van der Waals surface area contributed by atoms with Crippen LogP contribution in [0.3, 0.4) is 0 Å². The molecule has 176 valence electrons. The summed E-state index contributed by atoms with van der Waals surface area (Å²) in [5.41, 5.74) is 2.81. The summed E-state index contributed by atoms with van der Waals surface area (Å²) < 4.78 is 22.9. The fourth-order valence-corrected chi connectivity index (χ4v) is 4.88. The molecule has 10 heteroatoms. The minimum atomic E-state index is -0.565.